The molecule has 8 nitrogen and oxygen atoms in total. The van der Waals surface area contributed by atoms with Gasteiger partial charge >= 0.3 is 7.82 Å². The molecule has 0 radical (unpaired) electrons. The molecular weight excluding hydrogens is 551 g/mol. The summed E-state index contributed by atoms with van der Waals surface area (Å²) in [6, 6.07) is -0.869. The van der Waals surface area contributed by atoms with Crippen molar-refractivity contribution < 1.29 is 28.4 Å². The molecule has 0 saturated carbocycles. The number of nitrogens with two attached hydrogens (primary N) is 1. The van der Waals surface area contributed by atoms with Crippen molar-refractivity contribution in [2.75, 3.05) is 19.8 Å². The second-order valence-corrected chi connectivity index (χ2v) is 12.8. The second kappa shape index (κ2) is 30.0. The van der Waals surface area contributed by atoms with Gasteiger partial charge in [-0.05, 0) is 32.1 Å². The Kier molecular flexibility index (Phi) is 29.3. The van der Waals surface area contributed by atoms with Gasteiger partial charge in [-0.1, -0.05) is 134 Å². The highest BCUT2D eigenvalue weighted by Crippen LogP contribution is 2.43. The van der Waals surface area contributed by atoms with Gasteiger partial charge in [0.15, 0.2) is 0 Å². The van der Waals surface area contributed by atoms with Crippen LogP contribution in [0, 0.1) is 0 Å². The number of nitrogens with one attached hydrogen (secondary N) is 1. The lowest BCUT2D eigenvalue weighted by Gasteiger charge is -2.23. The molecule has 0 bridgehead atoms. The second-order valence-electron chi connectivity index (χ2n) is 11.4. The topological polar surface area (TPSA) is 131 Å². The zero-order valence-corrected chi connectivity index (χ0v) is 27.9. The van der Waals surface area contributed by atoms with Crippen molar-refractivity contribution in [3.05, 3.63) is 24.3 Å². The quantitative estimate of drug-likeness (QED) is 0.0350. The van der Waals surface area contributed by atoms with Gasteiger partial charge in [-0.25, -0.2) is 4.57 Å². The lowest BCUT2D eigenvalue weighted by Crippen LogP contribution is -2.45. The monoisotopic (exact) mass is 616 g/mol. The molecule has 0 aromatic rings. The van der Waals surface area contributed by atoms with E-state index in [-0.39, 0.29) is 25.7 Å². The van der Waals surface area contributed by atoms with Crippen molar-refractivity contribution in [2.45, 2.75) is 161 Å². The molecule has 42 heavy (non-hydrogen) atoms. The summed E-state index contributed by atoms with van der Waals surface area (Å²) in [5.41, 5.74) is 5.33. The van der Waals surface area contributed by atoms with Crippen LogP contribution in [0.3, 0.4) is 0 Å². The molecule has 0 aliphatic rings. The summed E-state index contributed by atoms with van der Waals surface area (Å²) >= 11 is 0. The van der Waals surface area contributed by atoms with Crippen LogP contribution in [0.2, 0.25) is 0 Å². The Hall–Kier alpha value is -1.02. The molecule has 248 valence electrons. The number of hydrogen-bond donors (Lipinski definition) is 4. The summed E-state index contributed by atoms with van der Waals surface area (Å²) in [6.45, 7) is 4.05. The Balaban J connectivity index is 4.40. The third kappa shape index (κ3) is 27.8. The van der Waals surface area contributed by atoms with Gasteiger partial charge in [0, 0.05) is 13.0 Å². The first-order valence-corrected chi connectivity index (χ1v) is 18.5. The largest absolute Gasteiger partial charge is 0.472 e. The Labute approximate surface area is 257 Å². The molecule has 3 unspecified atom stereocenters. The number of phosphoric ester groups is 1. The highest BCUT2D eigenvalue weighted by molar-refractivity contribution is 7.47. The summed E-state index contributed by atoms with van der Waals surface area (Å²) in [5.74, 6) is -0.208. The number of carbonyl (C=O) groups excluding carboxylic acids is 1. The fourth-order valence-corrected chi connectivity index (χ4v) is 5.43. The molecule has 0 aromatic carbocycles. The van der Waals surface area contributed by atoms with Crippen LogP contribution in [0.25, 0.3) is 0 Å². The van der Waals surface area contributed by atoms with Gasteiger partial charge < -0.3 is 21.1 Å². The number of aliphatic hydroxyl groups excluding tert-OH is 1. The molecular formula is C33H65N2O6P. The predicted octanol–water partition coefficient (Wildman–Crippen LogP) is 8.27. The lowest BCUT2D eigenvalue weighted by atomic mass is 10.0. The standard InChI is InChI=1S/C33H65N2O6P/c1-3-5-7-9-11-13-15-16-17-19-21-23-25-27-33(37)35-31(30-41-42(38,39)40-29-28-34)32(36)26-24-22-20-18-14-12-10-8-6-4-2/h14,18,24,26,31-32,36H,3-13,15-17,19-23,25,27-30,34H2,1-2H3,(H,35,37)(H,38,39)/b18-14+,26-24+. The number of rotatable bonds is 31. The van der Waals surface area contributed by atoms with Crippen molar-refractivity contribution in [2.24, 2.45) is 5.73 Å². The van der Waals surface area contributed by atoms with E-state index in [9.17, 15) is 19.4 Å². The minimum absolute atomic E-state index is 0.0751. The van der Waals surface area contributed by atoms with E-state index in [4.69, 9.17) is 14.8 Å². The van der Waals surface area contributed by atoms with E-state index in [1.165, 1.54) is 89.9 Å². The fraction of sp³-hybridized carbons (Fsp3) is 0.848. The summed E-state index contributed by atoms with van der Waals surface area (Å²) in [6.07, 6.45) is 30.8. The molecule has 0 saturated heterocycles. The van der Waals surface area contributed by atoms with Crippen molar-refractivity contribution in [3.8, 4) is 0 Å². The zero-order chi connectivity index (χ0) is 31.2. The summed E-state index contributed by atoms with van der Waals surface area (Å²) in [4.78, 5) is 22.5. The van der Waals surface area contributed by atoms with E-state index >= 15 is 0 Å². The van der Waals surface area contributed by atoms with Gasteiger partial charge in [-0.15, -0.1) is 0 Å². The van der Waals surface area contributed by atoms with E-state index in [0.29, 0.717) is 6.42 Å². The Morgan fingerprint density at radius 1 is 0.762 bits per heavy atom. The van der Waals surface area contributed by atoms with Crippen LogP contribution in [0.4, 0.5) is 0 Å². The van der Waals surface area contributed by atoms with E-state index < -0.39 is 20.0 Å². The number of phosphoric acid groups is 1. The Morgan fingerprint density at radius 2 is 1.26 bits per heavy atom. The van der Waals surface area contributed by atoms with Gasteiger partial charge in [0.25, 0.3) is 0 Å². The number of allylic oxidation sites excluding steroid dienone is 3. The SMILES string of the molecule is CCCCCC/C=C/CC/C=C/C(O)C(COP(=O)(O)OCCN)NC(=O)CCCCCCCCCCCCCCC. The normalized spacial score (nSPS) is 14.9. The first-order chi connectivity index (χ1) is 20.4. The number of amides is 1. The average Bonchev–Trinajstić information content (AvgIpc) is 2.97. The molecule has 0 spiro atoms. The molecule has 0 heterocycles. The van der Waals surface area contributed by atoms with Crippen LogP contribution >= 0.6 is 7.82 Å². The fourth-order valence-electron chi connectivity index (χ4n) is 4.67. The number of unbranched alkanes of at least 4 members (excludes halogenated alkanes) is 17. The van der Waals surface area contributed by atoms with Crippen LogP contribution in [0.15, 0.2) is 24.3 Å². The minimum Gasteiger partial charge on any atom is -0.387 e. The summed E-state index contributed by atoms with van der Waals surface area (Å²) in [5, 5.41) is 13.5. The van der Waals surface area contributed by atoms with Crippen LogP contribution in [0.1, 0.15) is 149 Å². The van der Waals surface area contributed by atoms with E-state index in [1.807, 2.05) is 6.08 Å². The van der Waals surface area contributed by atoms with Gasteiger partial charge in [0.2, 0.25) is 5.91 Å². The molecule has 5 N–H and O–H groups in total. The van der Waals surface area contributed by atoms with Crippen molar-refractivity contribution in [1.29, 1.82) is 0 Å². The average molecular weight is 617 g/mol. The van der Waals surface area contributed by atoms with E-state index in [0.717, 1.165) is 38.5 Å². The van der Waals surface area contributed by atoms with Crippen LogP contribution in [0.5, 0.6) is 0 Å². The summed E-state index contributed by atoms with van der Waals surface area (Å²) < 4.78 is 21.9. The molecule has 0 rings (SSSR count). The minimum atomic E-state index is -4.33. The first kappa shape index (κ1) is 41.0. The maximum absolute atomic E-state index is 12.6. The maximum atomic E-state index is 12.6. The third-order valence-corrected chi connectivity index (χ3v) is 8.26. The molecule has 0 aromatic heterocycles. The van der Waals surface area contributed by atoms with Crippen LogP contribution < -0.4 is 11.1 Å². The lowest BCUT2D eigenvalue weighted by molar-refractivity contribution is -0.123. The first-order valence-electron chi connectivity index (χ1n) is 17.0. The molecule has 0 aliphatic heterocycles. The number of carbonyl (C=O) groups is 1. The van der Waals surface area contributed by atoms with Gasteiger partial charge in [-0.3, -0.25) is 13.8 Å². The van der Waals surface area contributed by atoms with Gasteiger partial charge in [-0.2, -0.15) is 0 Å². The van der Waals surface area contributed by atoms with Crippen molar-refractivity contribution in [3.63, 3.8) is 0 Å². The number of hydrogen-bond acceptors (Lipinski definition) is 6. The van der Waals surface area contributed by atoms with Crippen LogP contribution in [-0.2, 0) is 18.4 Å². The number of aliphatic hydroxyl groups is 1. The smallest absolute Gasteiger partial charge is 0.387 e. The van der Waals surface area contributed by atoms with E-state index in [2.05, 4.69) is 31.3 Å². The zero-order valence-electron chi connectivity index (χ0n) is 27.0. The highest BCUT2D eigenvalue weighted by atomic mass is 31.2. The van der Waals surface area contributed by atoms with Gasteiger partial charge in [0.05, 0.1) is 25.4 Å². The molecule has 3 atom stereocenters. The van der Waals surface area contributed by atoms with Gasteiger partial charge in [0.1, 0.15) is 0 Å². The van der Waals surface area contributed by atoms with Crippen molar-refractivity contribution >= 4 is 13.7 Å². The van der Waals surface area contributed by atoms with Crippen LogP contribution in [-0.4, -0.2) is 47.8 Å². The predicted molar refractivity (Wildman–Crippen MR) is 175 cm³/mol. The Bertz CT molecular complexity index is 719. The van der Waals surface area contributed by atoms with Crippen molar-refractivity contribution in [1.82, 2.24) is 5.32 Å². The van der Waals surface area contributed by atoms with E-state index in [1.54, 1.807) is 6.08 Å². The third-order valence-electron chi connectivity index (χ3n) is 7.28. The molecule has 9 heteroatoms. The molecule has 0 fully saturated rings. The highest BCUT2D eigenvalue weighted by Gasteiger charge is 2.26. The maximum Gasteiger partial charge on any atom is 0.472 e. The molecule has 1 amide bonds. The summed E-state index contributed by atoms with van der Waals surface area (Å²) in [7, 11) is -4.33. The molecule has 0 aliphatic carbocycles. The Morgan fingerprint density at radius 3 is 1.83 bits per heavy atom.